The highest BCUT2D eigenvalue weighted by Gasteiger charge is 2.32. The standard InChI is InChI=1S/C20H24O7/c1-3-16-17(14(10-18(22)25-2)12-27-20(16)24)11-19(23)26-9-8-13-4-6-15(21)7-5-13/h3-7,12,17,20-21,24H,8-11H2,1-2H3/b16-3+/t17-,20-/m1/s1. The molecule has 0 fully saturated rings. The number of phenolic OH excluding ortho intramolecular Hbond substituents is 1. The Hall–Kier alpha value is -2.80. The molecule has 0 saturated heterocycles. The predicted molar refractivity (Wildman–Crippen MR) is 96.4 cm³/mol. The fourth-order valence-electron chi connectivity index (χ4n) is 2.87. The van der Waals surface area contributed by atoms with E-state index in [1.54, 1.807) is 37.3 Å². The summed E-state index contributed by atoms with van der Waals surface area (Å²) in [7, 11) is 1.28. The van der Waals surface area contributed by atoms with Crippen LogP contribution in [0.4, 0.5) is 0 Å². The van der Waals surface area contributed by atoms with E-state index >= 15 is 0 Å². The summed E-state index contributed by atoms with van der Waals surface area (Å²) >= 11 is 0. The molecule has 0 saturated carbocycles. The van der Waals surface area contributed by atoms with Crippen molar-refractivity contribution in [1.82, 2.24) is 0 Å². The Labute approximate surface area is 157 Å². The van der Waals surface area contributed by atoms with Gasteiger partial charge in [-0.25, -0.2) is 0 Å². The van der Waals surface area contributed by atoms with Gasteiger partial charge in [-0.15, -0.1) is 0 Å². The first-order valence-electron chi connectivity index (χ1n) is 8.63. The molecule has 27 heavy (non-hydrogen) atoms. The van der Waals surface area contributed by atoms with Gasteiger partial charge in [0.2, 0.25) is 6.29 Å². The summed E-state index contributed by atoms with van der Waals surface area (Å²) in [6.45, 7) is 1.92. The first-order chi connectivity index (χ1) is 12.9. The summed E-state index contributed by atoms with van der Waals surface area (Å²) in [5.41, 5.74) is 1.99. The van der Waals surface area contributed by atoms with E-state index in [-0.39, 0.29) is 25.2 Å². The molecule has 2 rings (SSSR count). The van der Waals surface area contributed by atoms with Crippen molar-refractivity contribution in [3.63, 3.8) is 0 Å². The van der Waals surface area contributed by atoms with Gasteiger partial charge in [0, 0.05) is 17.9 Å². The molecule has 1 heterocycles. The Morgan fingerprint density at radius 2 is 1.93 bits per heavy atom. The molecular formula is C20H24O7. The van der Waals surface area contributed by atoms with Gasteiger partial charge in [0.05, 0.1) is 32.8 Å². The monoisotopic (exact) mass is 376 g/mol. The molecule has 7 heteroatoms. The van der Waals surface area contributed by atoms with Crippen LogP contribution in [0.15, 0.2) is 47.7 Å². The molecule has 7 nitrogen and oxygen atoms in total. The molecule has 2 N–H and O–H groups in total. The van der Waals surface area contributed by atoms with E-state index in [2.05, 4.69) is 4.74 Å². The number of allylic oxidation sites excluding steroid dienone is 1. The number of carbonyl (C=O) groups excluding carboxylic acids is 2. The van der Waals surface area contributed by atoms with Crippen LogP contribution in [0.2, 0.25) is 0 Å². The van der Waals surface area contributed by atoms with Crippen molar-refractivity contribution in [3.8, 4) is 5.75 Å². The van der Waals surface area contributed by atoms with E-state index in [1.807, 2.05) is 0 Å². The number of methoxy groups -OCH3 is 1. The van der Waals surface area contributed by atoms with Crippen LogP contribution in [-0.2, 0) is 30.2 Å². The van der Waals surface area contributed by atoms with Crippen LogP contribution >= 0.6 is 0 Å². The third-order valence-electron chi connectivity index (χ3n) is 4.35. The van der Waals surface area contributed by atoms with Crippen molar-refractivity contribution < 1.29 is 34.0 Å². The lowest BCUT2D eigenvalue weighted by Gasteiger charge is -2.29. The van der Waals surface area contributed by atoms with Crippen LogP contribution in [0.3, 0.4) is 0 Å². The molecule has 1 aliphatic rings. The summed E-state index contributed by atoms with van der Waals surface area (Å²) in [4.78, 5) is 23.9. The topological polar surface area (TPSA) is 102 Å². The second-order valence-corrected chi connectivity index (χ2v) is 6.12. The first kappa shape index (κ1) is 20.5. The Morgan fingerprint density at radius 1 is 1.22 bits per heavy atom. The molecule has 0 bridgehead atoms. The molecule has 0 spiro atoms. The van der Waals surface area contributed by atoms with E-state index < -0.39 is 24.1 Å². The molecule has 2 atom stereocenters. The van der Waals surface area contributed by atoms with Gasteiger partial charge in [0.1, 0.15) is 5.75 Å². The number of ether oxygens (including phenoxy) is 3. The van der Waals surface area contributed by atoms with Crippen molar-refractivity contribution in [2.75, 3.05) is 13.7 Å². The zero-order valence-electron chi connectivity index (χ0n) is 15.4. The molecule has 1 aromatic carbocycles. The zero-order valence-corrected chi connectivity index (χ0v) is 15.4. The number of aliphatic hydroxyl groups excluding tert-OH is 1. The molecule has 0 aromatic heterocycles. The Morgan fingerprint density at radius 3 is 2.56 bits per heavy atom. The highest BCUT2D eigenvalue weighted by atomic mass is 16.6. The minimum absolute atomic E-state index is 0.0154. The Bertz CT molecular complexity index is 718. The summed E-state index contributed by atoms with van der Waals surface area (Å²) in [6, 6.07) is 6.66. The van der Waals surface area contributed by atoms with Gasteiger partial charge in [-0.3, -0.25) is 9.59 Å². The van der Waals surface area contributed by atoms with Crippen molar-refractivity contribution in [2.45, 2.75) is 32.5 Å². The normalized spacial score (nSPS) is 20.6. The summed E-state index contributed by atoms with van der Waals surface area (Å²) in [6.07, 6.45) is 2.28. The number of aliphatic hydroxyl groups is 1. The minimum Gasteiger partial charge on any atom is -0.508 e. The zero-order chi connectivity index (χ0) is 19.8. The Kier molecular flexibility index (Phi) is 7.43. The lowest BCUT2D eigenvalue weighted by Crippen LogP contribution is -2.29. The van der Waals surface area contributed by atoms with Crippen LogP contribution in [0.5, 0.6) is 5.75 Å². The second kappa shape index (κ2) is 9.78. The maximum Gasteiger partial charge on any atom is 0.309 e. The molecule has 0 unspecified atom stereocenters. The minimum atomic E-state index is -1.16. The molecule has 0 aliphatic carbocycles. The SMILES string of the molecule is C/C=C1/[C@H](O)OC=C(CC(=O)OC)[C@H]1CC(=O)OCCc1ccc(O)cc1. The number of carbonyl (C=O) groups is 2. The summed E-state index contributed by atoms with van der Waals surface area (Å²) in [5.74, 6) is -1.21. The predicted octanol–water partition coefficient (Wildman–Crippen LogP) is 2.23. The van der Waals surface area contributed by atoms with E-state index in [4.69, 9.17) is 9.47 Å². The maximum atomic E-state index is 12.3. The number of phenols is 1. The van der Waals surface area contributed by atoms with E-state index in [0.717, 1.165) is 5.56 Å². The highest BCUT2D eigenvalue weighted by molar-refractivity contribution is 5.74. The number of hydrogen-bond acceptors (Lipinski definition) is 7. The first-order valence-corrected chi connectivity index (χ1v) is 8.63. The molecule has 1 aromatic rings. The van der Waals surface area contributed by atoms with Crippen LogP contribution in [-0.4, -0.2) is 42.2 Å². The second-order valence-electron chi connectivity index (χ2n) is 6.12. The molecule has 1 aliphatic heterocycles. The van der Waals surface area contributed by atoms with E-state index in [1.165, 1.54) is 13.4 Å². The van der Waals surface area contributed by atoms with Gasteiger partial charge >= 0.3 is 11.9 Å². The number of aromatic hydroxyl groups is 1. The average Bonchev–Trinajstić information content (AvgIpc) is 2.65. The van der Waals surface area contributed by atoms with Crippen molar-refractivity contribution in [1.29, 1.82) is 0 Å². The third kappa shape index (κ3) is 5.86. The molecule has 0 radical (unpaired) electrons. The van der Waals surface area contributed by atoms with E-state index in [0.29, 0.717) is 17.6 Å². The maximum absolute atomic E-state index is 12.3. The largest absolute Gasteiger partial charge is 0.508 e. The Balaban J connectivity index is 1.96. The van der Waals surface area contributed by atoms with Crippen LogP contribution < -0.4 is 0 Å². The van der Waals surface area contributed by atoms with Gasteiger partial charge in [-0.2, -0.15) is 0 Å². The van der Waals surface area contributed by atoms with Gasteiger partial charge in [-0.05, 0) is 30.2 Å². The number of rotatable bonds is 7. The molecular weight excluding hydrogens is 352 g/mol. The average molecular weight is 376 g/mol. The fourth-order valence-corrected chi connectivity index (χ4v) is 2.87. The molecule has 0 amide bonds. The van der Waals surface area contributed by atoms with Gasteiger partial charge in [0.25, 0.3) is 0 Å². The van der Waals surface area contributed by atoms with Crippen LogP contribution in [0, 0.1) is 5.92 Å². The van der Waals surface area contributed by atoms with Gasteiger partial charge in [0.15, 0.2) is 0 Å². The highest BCUT2D eigenvalue weighted by Crippen LogP contribution is 2.34. The van der Waals surface area contributed by atoms with Gasteiger partial charge in [-0.1, -0.05) is 18.2 Å². The van der Waals surface area contributed by atoms with E-state index in [9.17, 15) is 19.8 Å². The van der Waals surface area contributed by atoms with Crippen molar-refractivity contribution in [3.05, 3.63) is 53.3 Å². The van der Waals surface area contributed by atoms with Crippen LogP contribution in [0.1, 0.15) is 25.3 Å². The van der Waals surface area contributed by atoms with Crippen molar-refractivity contribution in [2.24, 2.45) is 5.92 Å². The summed E-state index contributed by atoms with van der Waals surface area (Å²) < 4.78 is 15.1. The third-order valence-corrected chi connectivity index (χ3v) is 4.35. The van der Waals surface area contributed by atoms with Crippen LogP contribution in [0.25, 0.3) is 0 Å². The number of esters is 2. The number of benzene rings is 1. The fraction of sp³-hybridized carbons (Fsp3) is 0.400. The van der Waals surface area contributed by atoms with Gasteiger partial charge < -0.3 is 24.4 Å². The van der Waals surface area contributed by atoms with Crippen molar-refractivity contribution >= 4 is 11.9 Å². The quantitative estimate of drug-likeness (QED) is 0.556. The number of hydrogen-bond donors (Lipinski definition) is 2. The molecule has 146 valence electrons. The lowest BCUT2D eigenvalue weighted by molar-refractivity contribution is -0.145. The lowest BCUT2D eigenvalue weighted by atomic mass is 9.85. The smallest absolute Gasteiger partial charge is 0.309 e. The summed E-state index contributed by atoms with van der Waals surface area (Å²) in [5, 5.41) is 19.3.